The molecule has 0 radical (unpaired) electrons. The van der Waals surface area contributed by atoms with Crippen molar-refractivity contribution in [2.24, 2.45) is 5.92 Å². The molecule has 1 saturated heterocycles. The number of nitrogens with zero attached hydrogens (tertiary/aromatic N) is 4. The lowest BCUT2D eigenvalue weighted by atomic mass is 9.84. The Balaban J connectivity index is 1.76. The van der Waals surface area contributed by atoms with E-state index in [1.54, 1.807) is 4.90 Å². The van der Waals surface area contributed by atoms with Crippen molar-refractivity contribution in [2.45, 2.75) is 18.9 Å². The van der Waals surface area contributed by atoms with Crippen molar-refractivity contribution in [3.63, 3.8) is 0 Å². The fraction of sp³-hybridized carbons (Fsp3) is 0.500. The van der Waals surface area contributed by atoms with Crippen LogP contribution in [0.25, 0.3) is 0 Å². The largest absolute Gasteiger partial charge is 0.469 e. The van der Waals surface area contributed by atoms with E-state index in [-0.39, 0.29) is 17.8 Å². The van der Waals surface area contributed by atoms with Gasteiger partial charge in [0.2, 0.25) is 5.89 Å². The number of hydrogen-bond acceptors (Lipinski definition) is 7. The smallest absolute Gasteiger partial charge is 0.309 e. The molecular formula is C18H24N4O3. The third-order valence-corrected chi connectivity index (χ3v) is 4.55. The molecule has 7 heteroatoms. The van der Waals surface area contributed by atoms with Gasteiger partial charge in [-0.3, -0.25) is 9.69 Å². The second-order valence-corrected chi connectivity index (χ2v) is 6.64. The van der Waals surface area contributed by atoms with Crippen molar-refractivity contribution >= 4 is 11.9 Å². The highest BCUT2D eigenvalue weighted by Gasteiger charge is 2.33. The van der Waals surface area contributed by atoms with Gasteiger partial charge in [0, 0.05) is 27.2 Å². The van der Waals surface area contributed by atoms with Crippen molar-refractivity contribution < 1.29 is 14.1 Å². The van der Waals surface area contributed by atoms with E-state index in [0.717, 1.165) is 13.0 Å². The molecule has 25 heavy (non-hydrogen) atoms. The Morgan fingerprint density at radius 2 is 2.08 bits per heavy atom. The molecule has 0 N–H and O–H groups in total. The molecule has 0 bridgehead atoms. The van der Waals surface area contributed by atoms with Crippen LogP contribution in [-0.4, -0.2) is 55.3 Å². The number of methoxy groups -OCH3 is 1. The lowest BCUT2D eigenvalue weighted by Gasteiger charge is -2.36. The van der Waals surface area contributed by atoms with Crippen LogP contribution in [-0.2, 0) is 16.1 Å². The second kappa shape index (κ2) is 7.65. The summed E-state index contributed by atoms with van der Waals surface area (Å²) in [7, 11) is 5.18. The van der Waals surface area contributed by atoms with E-state index in [2.05, 4.69) is 27.2 Å². The first-order valence-corrected chi connectivity index (χ1v) is 8.42. The van der Waals surface area contributed by atoms with Gasteiger partial charge in [0.25, 0.3) is 5.95 Å². The third kappa shape index (κ3) is 4.17. The number of benzene rings is 1. The number of carbonyl (C=O) groups excluding carboxylic acids is 1. The van der Waals surface area contributed by atoms with Gasteiger partial charge in [0.1, 0.15) is 0 Å². The van der Waals surface area contributed by atoms with Gasteiger partial charge in [-0.1, -0.05) is 30.3 Å². The number of piperidine rings is 1. The Labute approximate surface area is 147 Å². The number of ether oxygens (including phenoxy) is 1. The maximum absolute atomic E-state index is 12.1. The van der Waals surface area contributed by atoms with E-state index in [9.17, 15) is 4.79 Å². The molecule has 1 aliphatic heterocycles. The van der Waals surface area contributed by atoms with Crippen molar-refractivity contribution in [1.82, 2.24) is 15.0 Å². The van der Waals surface area contributed by atoms with E-state index in [1.165, 1.54) is 12.7 Å². The lowest BCUT2D eigenvalue weighted by Crippen LogP contribution is -2.42. The molecule has 2 unspecified atom stereocenters. The van der Waals surface area contributed by atoms with Gasteiger partial charge >= 0.3 is 5.97 Å². The maximum atomic E-state index is 12.1. The quantitative estimate of drug-likeness (QED) is 0.767. The van der Waals surface area contributed by atoms with Gasteiger partial charge in [-0.25, -0.2) is 0 Å². The lowest BCUT2D eigenvalue weighted by molar-refractivity contribution is -0.147. The monoisotopic (exact) mass is 344 g/mol. The van der Waals surface area contributed by atoms with Crippen LogP contribution < -0.4 is 4.90 Å². The van der Waals surface area contributed by atoms with Crippen molar-refractivity contribution in [2.75, 3.05) is 39.2 Å². The van der Waals surface area contributed by atoms with Crippen LogP contribution in [0, 0.1) is 5.92 Å². The SMILES string of the molecule is COC(=O)C1CC(c2ccccc2)CN(Cc2nc(N(C)C)no2)C1. The molecule has 3 rings (SSSR count). The van der Waals surface area contributed by atoms with E-state index < -0.39 is 0 Å². The van der Waals surface area contributed by atoms with Gasteiger partial charge < -0.3 is 14.2 Å². The third-order valence-electron chi connectivity index (χ3n) is 4.55. The molecule has 1 fully saturated rings. The number of rotatable bonds is 5. The van der Waals surface area contributed by atoms with E-state index in [4.69, 9.17) is 9.26 Å². The summed E-state index contributed by atoms with van der Waals surface area (Å²) in [5.74, 6) is 1.07. The highest BCUT2D eigenvalue weighted by atomic mass is 16.5. The first kappa shape index (κ1) is 17.4. The van der Waals surface area contributed by atoms with Crippen LogP contribution >= 0.6 is 0 Å². The second-order valence-electron chi connectivity index (χ2n) is 6.64. The molecule has 2 atom stereocenters. The standard InChI is InChI=1S/C18H24N4O3/c1-21(2)18-19-16(25-20-18)12-22-10-14(13-7-5-4-6-8-13)9-15(11-22)17(23)24-3/h4-8,14-15H,9-12H2,1-3H3. The summed E-state index contributed by atoms with van der Waals surface area (Å²) in [5.41, 5.74) is 1.24. The summed E-state index contributed by atoms with van der Waals surface area (Å²) in [6.45, 7) is 2.00. The fourth-order valence-corrected chi connectivity index (χ4v) is 3.31. The molecule has 1 aliphatic rings. The van der Waals surface area contributed by atoms with Crippen LogP contribution in [0.15, 0.2) is 34.9 Å². The summed E-state index contributed by atoms with van der Waals surface area (Å²) in [4.78, 5) is 20.5. The number of carbonyl (C=O) groups is 1. The van der Waals surface area contributed by atoms with Crippen molar-refractivity contribution in [3.8, 4) is 0 Å². The molecule has 2 heterocycles. The average molecular weight is 344 g/mol. The molecule has 2 aromatic rings. The highest BCUT2D eigenvalue weighted by molar-refractivity contribution is 5.72. The zero-order valence-corrected chi connectivity index (χ0v) is 14.9. The van der Waals surface area contributed by atoms with Gasteiger partial charge in [-0.15, -0.1) is 0 Å². The molecular weight excluding hydrogens is 320 g/mol. The highest BCUT2D eigenvalue weighted by Crippen LogP contribution is 2.31. The predicted octanol–water partition coefficient (Wildman–Crippen LogP) is 1.91. The topological polar surface area (TPSA) is 71.7 Å². The zero-order valence-electron chi connectivity index (χ0n) is 14.9. The van der Waals surface area contributed by atoms with Gasteiger partial charge in [-0.2, -0.15) is 4.98 Å². The van der Waals surface area contributed by atoms with Crippen LogP contribution in [0.3, 0.4) is 0 Å². The molecule has 1 aromatic heterocycles. The number of anilines is 1. The van der Waals surface area contributed by atoms with Gasteiger partial charge in [-0.05, 0) is 23.1 Å². The first-order valence-electron chi connectivity index (χ1n) is 8.42. The normalized spacial score (nSPS) is 21.1. The van der Waals surface area contributed by atoms with E-state index in [1.807, 2.05) is 32.3 Å². The number of esters is 1. The molecule has 1 aromatic carbocycles. The number of aromatic nitrogens is 2. The summed E-state index contributed by atoms with van der Waals surface area (Å²) in [6, 6.07) is 10.3. The number of hydrogen-bond donors (Lipinski definition) is 0. The molecule has 0 amide bonds. The van der Waals surface area contributed by atoms with Crippen LogP contribution in [0.1, 0.15) is 23.8 Å². The van der Waals surface area contributed by atoms with Gasteiger partial charge in [0.05, 0.1) is 19.6 Å². The average Bonchev–Trinajstić information content (AvgIpc) is 3.10. The maximum Gasteiger partial charge on any atom is 0.309 e. The van der Waals surface area contributed by atoms with Crippen molar-refractivity contribution in [3.05, 3.63) is 41.8 Å². The summed E-state index contributed by atoms with van der Waals surface area (Å²) in [5, 5.41) is 3.95. The Morgan fingerprint density at radius 1 is 1.32 bits per heavy atom. The molecule has 7 nitrogen and oxygen atoms in total. The van der Waals surface area contributed by atoms with Gasteiger partial charge in [0.15, 0.2) is 0 Å². The predicted molar refractivity (Wildman–Crippen MR) is 93.2 cm³/mol. The molecule has 0 spiro atoms. The van der Waals surface area contributed by atoms with Crippen LogP contribution in [0.4, 0.5) is 5.95 Å². The minimum atomic E-state index is -0.162. The summed E-state index contributed by atoms with van der Waals surface area (Å²) in [6.07, 6.45) is 0.792. The molecule has 0 aliphatic carbocycles. The molecule has 0 saturated carbocycles. The van der Waals surface area contributed by atoms with E-state index >= 15 is 0 Å². The fourth-order valence-electron chi connectivity index (χ4n) is 3.31. The summed E-state index contributed by atoms with van der Waals surface area (Å²) < 4.78 is 10.3. The summed E-state index contributed by atoms with van der Waals surface area (Å²) >= 11 is 0. The van der Waals surface area contributed by atoms with Crippen LogP contribution in [0.2, 0.25) is 0 Å². The molecule has 134 valence electrons. The Hall–Kier alpha value is -2.41. The Morgan fingerprint density at radius 3 is 2.72 bits per heavy atom. The Kier molecular flexibility index (Phi) is 5.33. The van der Waals surface area contributed by atoms with E-state index in [0.29, 0.717) is 24.9 Å². The van der Waals surface area contributed by atoms with Crippen molar-refractivity contribution in [1.29, 1.82) is 0 Å². The van der Waals surface area contributed by atoms with Crippen LogP contribution in [0.5, 0.6) is 0 Å². The Bertz CT molecular complexity index is 701. The first-order chi connectivity index (χ1) is 12.1. The minimum Gasteiger partial charge on any atom is -0.469 e. The number of likely N-dealkylation sites (tertiary alicyclic amines) is 1. The zero-order chi connectivity index (χ0) is 17.8. The minimum absolute atomic E-state index is 0.153.